The zero-order valence-corrected chi connectivity index (χ0v) is 21.4. The number of hydrogen-bond acceptors (Lipinski definition) is 2. The maximum atomic E-state index is 14.9. The minimum Gasteiger partial charge on any atom is -0.300 e. The van der Waals surface area contributed by atoms with E-state index in [1.54, 1.807) is 25.1 Å². The summed E-state index contributed by atoms with van der Waals surface area (Å²) in [7, 11) is 0. The number of Topliss-reactive ketones (excluding diaryl/α,β-unsaturated/α-hetero) is 1. The van der Waals surface area contributed by atoms with Crippen molar-refractivity contribution in [2.75, 3.05) is 6.54 Å². The first-order valence-corrected chi connectivity index (χ1v) is 11.8. The Hall–Kier alpha value is -2.28. The van der Waals surface area contributed by atoms with Gasteiger partial charge < -0.3 is 4.79 Å². The van der Waals surface area contributed by atoms with E-state index in [0.717, 1.165) is 36.1 Å². The summed E-state index contributed by atoms with van der Waals surface area (Å²) in [5.41, 5.74) is 3.67. The van der Waals surface area contributed by atoms with Crippen LogP contribution in [0.4, 0.5) is 22.0 Å². The molecule has 0 bridgehead atoms. The first-order valence-electron chi connectivity index (χ1n) is 11.4. The van der Waals surface area contributed by atoms with Crippen molar-refractivity contribution in [2.24, 2.45) is 4.99 Å². The fourth-order valence-electron chi connectivity index (χ4n) is 4.04. The molecule has 1 atom stereocenters. The standard InChI is InChI=1S/C24H26ClF2NO.C3H5F3/c1-15-9-20(12-21(25)10-15)24(23(4,26)27)13-22(28-14-24)19-8-7-18(16(2)11-19)6-5-17(3)29;1-2-3(4,5)6/h7-12H,5-6,13-14H2,1-4H3;2H2,1H3. The summed E-state index contributed by atoms with van der Waals surface area (Å²) >= 11 is 6.18. The molecule has 0 spiro atoms. The van der Waals surface area contributed by atoms with Crippen LogP contribution >= 0.6 is 11.6 Å². The molecule has 1 heterocycles. The second kappa shape index (κ2) is 11.2. The van der Waals surface area contributed by atoms with Crippen LogP contribution in [0, 0.1) is 13.8 Å². The first-order chi connectivity index (χ1) is 16.1. The highest BCUT2D eigenvalue weighted by Gasteiger charge is 2.54. The average molecular weight is 516 g/mol. The molecule has 8 heteroatoms. The van der Waals surface area contributed by atoms with Gasteiger partial charge in [0.1, 0.15) is 5.78 Å². The van der Waals surface area contributed by atoms with Gasteiger partial charge in [-0.25, -0.2) is 8.78 Å². The van der Waals surface area contributed by atoms with Crippen LogP contribution in [0.1, 0.15) is 67.9 Å². The van der Waals surface area contributed by atoms with Gasteiger partial charge in [-0.3, -0.25) is 4.99 Å². The highest BCUT2D eigenvalue weighted by molar-refractivity contribution is 6.30. The molecule has 0 amide bonds. The predicted octanol–water partition coefficient (Wildman–Crippen LogP) is 8.22. The van der Waals surface area contributed by atoms with Crippen molar-refractivity contribution in [3.05, 3.63) is 69.2 Å². The van der Waals surface area contributed by atoms with Crippen LogP contribution < -0.4 is 0 Å². The molecule has 0 aliphatic carbocycles. The lowest BCUT2D eigenvalue weighted by atomic mass is 9.72. The number of benzene rings is 2. The molecule has 1 unspecified atom stereocenters. The molecular weight excluding hydrogens is 485 g/mol. The Balaban J connectivity index is 0.000000641. The van der Waals surface area contributed by atoms with Gasteiger partial charge in [0.05, 0.1) is 12.0 Å². The minimum atomic E-state index is -3.96. The molecule has 0 aromatic heterocycles. The number of carbonyl (C=O) groups is 1. The van der Waals surface area contributed by atoms with Crippen LogP contribution in [0.5, 0.6) is 0 Å². The Morgan fingerprint density at radius 3 is 2.20 bits per heavy atom. The Kier molecular flexibility index (Phi) is 9.26. The van der Waals surface area contributed by atoms with Crippen molar-refractivity contribution in [2.45, 2.75) is 77.8 Å². The molecule has 192 valence electrons. The molecule has 0 saturated carbocycles. The third-order valence-electron chi connectivity index (χ3n) is 6.27. The summed E-state index contributed by atoms with van der Waals surface area (Å²) in [6.07, 6.45) is -3.34. The highest BCUT2D eigenvalue weighted by Crippen LogP contribution is 2.47. The molecule has 35 heavy (non-hydrogen) atoms. The number of halogens is 6. The van der Waals surface area contributed by atoms with Crippen LogP contribution in [0.15, 0.2) is 41.4 Å². The number of carbonyl (C=O) groups excluding carboxylic acids is 1. The van der Waals surface area contributed by atoms with E-state index in [1.807, 2.05) is 32.0 Å². The summed E-state index contributed by atoms with van der Waals surface area (Å²) in [6, 6.07) is 11.1. The Bertz CT molecular complexity index is 1070. The number of rotatable bonds is 6. The Morgan fingerprint density at radius 2 is 1.71 bits per heavy atom. The van der Waals surface area contributed by atoms with Crippen LogP contribution in [0.25, 0.3) is 0 Å². The molecule has 2 nitrogen and oxygen atoms in total. The largest absolute Gasteiger partial charge is 0.388 e. The van der Waals surface area contributed by atoms with Crippen molar-refractivity contribution in [3.8, 4) is 0 Å². The quantitative estimate of drug-likeness (QED) is 0.356. The molecule has 0 N–H and O–H groups in total. The van der Waals surface area contributed by atoms with Gasteiger partial charge in [0.15, 0.2) is 0 Å². The maximum absolute atomic E-state index is 14.9. The summed E-state index contributed by atoms with van der Waals surface area (Å²) in [4.78, 5) is 15.8. The van der Waals surface area contributed by atoms with Gasteiger partial charge in [0, 0.05) is 36.9 Å². The molecule has 0 fully saturated rings. The number of aliphatic imine (C=N–C) groups is 1. The van der Waals surface area contributed by atoms with Crippen molar-refractivity contribution in [3.63, 3.8) is 0 Å². The van der Waals surface area contributed by atoms with Crippen molar-refractivity contribution >= 4 is 23.1 Å². The second-order valence-corrected chi connectivity index (χ2v) is 9.68. The van der Waals surface area contributed by atoms with Crippen LogP contribution in [0.3, 0.4) is 0 Å². The van der Waals surface area contributed by atoms with Gasteiger partial charge in [-0.05, 0) is 73.2 Å². The van der Waals surface area contributed by atoms with Crippen molar-refractivity contribution in [1.29, 1.82) is 0 Å². The minimum absolute atomic E-state index is 0.0246. The zero-order valence-electron chi connectivity index (χ0n) is 20.6. The predicted molar refractivity (Wildman–Crippen MR) is 131 cm³/mol. The molecule has 1 aliphatic rings. The normalized spacial score (nSPS) is 18.1. The Morgan fingerprint density at radius 1 is 1.09 bits per heavy atom. The topological polar surface area (TPSA) is 29.4 Å². The van der Waals surface area contributed by atoms with Crippen LogP contribution in [-0.4, -0.2) is 30.1 Å². The van der Waals surface area contributed by atoms with Gasteiger partial charge in [0.2, 0.25) is 0 Å². The molecular formula is C27H31ClF5NO. The number of hydrogen-bond donors (Lipinski definition) is 0. The number of alkyl halides is 5. The molecule has 0 radical (unpaired) electrons. The van der Waals surface area contributed by atoms with E-state index in [1.165, 1.54) is 0 Å². The maximum Gasteiger partial charge on any atom is 0.388 e. The van der Waals surface area contributed by atoms with E-state index in [9.17, 15) is 26.7 Å². The van der Waals surface area contributed by atoms with Gasteiger partial charge in [-0.15, -0.1) is 0 Å². The average Bonchev–Trinajstić information content (AvgIpc) is 3.19. The highest BCUT2D eigenvalue weighted by atomic mass is 35.5. The molecule has 2 aromatic rings. The van der Waals surface area contributed by atoms with Gasteiger partial charge in [-0.1, -0.05) is 36.7 Å². The summed E-state index contributed by atoms with van der Waals surface area (Å²) in [5.74, 6) is -2.80. The van der Waals surface area contributed by atoms with Crippen molar-refractivity contribution in [1.82, 2.24) is 0 Å². The van der Waals surface area contributed by atoms with E-state index >= 15 is 0 Å². The zero-order chi connectivity index (χ0) is 26.6. The third kappa shape index (κ3) is 7.60. The molecule has 2 aromatic carbocycles. The van der Waals surface area contributed by atoms with E-state index in [0.29, 0.717) is 29.1 Å². The smallest absolute Gasteiger partial charge is 0.300 e. The number of nitrogens with zero attached hydrogens (tertiary/aromatic N) is 1. The van der Waals surface area contributed by atoms with Gasteiger partial charge in [0.25, 0.3) is 5.92 Å². The third-order valence-corrected chi connectivity index (χ3v) is 6.49. The molecule has 1 aliphatic heterocycles. The van der Waals surface area contributed by atoms with E-state index in [2.05, 4.69) is 4.99 Å². The number of ketones is 1. The lowest BCUT2D eigenvalue weighted by molar-refractivity contribution is -0.130. The van der Waals surface area contributed by atoms with E-state index in [-0.39, 0.29) is 18.7 Å². The van der Waals surface area contributed by atoms with E-state index in [4.69, 9.17) is 11.6 Å². The fraction of sp³-hybridized carbons (Fsp3) is 0.481. The van der Waals surface area contributed by atoms with Gasteiger partial charge >= 0.3 is 6.18 Å². The van der Waals surface area contributed by atoms with Crippen LogP contribution in [-0.2, 0) is 16.6 Å². The summed E-state index contributed by atoms with van der Waals surface area (Å²) in [5, 5.41) is 0.461. The summed E-state index contributed by atoms with van der Waals surface area (Å²) < 4.78 is 62.1. The lowest BCUT2D eigenvalue weighted by Gasteiger charge is -2.35. The molecule has 0 saturated heterocycles. The van der Waals surface area contributed by atoms with Gasteiger partial charge in [-0.2, -0.15) is 13.2 Å². The first kappa shape index (κ1) is 29.0. The van der Waals surface area contributed by atoms with Crippen molar-refractivity contribution < 1.29 is 26.7 Å². The Labute approximate surface area is 208 Å². The number of aryl methyl sites for hydroxylation is 3. The monoisotopic (exact) mass is 515 g/mol. The fourth-order valence-corrected chi connectivity index (χ4v) is 4.33. The van der Waals surface area contributed by atoms with Crippen LogP contribution in [0.2, 0.25) is 5.02 Å². The molecule has 3 rings (SSSR count). The SMILES string of the molecule is CC(=O)CCc1ccc(C2=NCC(c3cc(C)cc(Cl)c3)(C(C)(F)F)C2)cc1C.CCC(F)(F)F. The second-order valence-electron chi connectivity index (χ2n) is 9.24. The summed E-state index contributed by atoms with van der Waals surface area (Å²) in [6.45, 7) is 7.50. The lowest BCUT2D eigenvalue weighted by Crippen LogP contribution is -2.44. The van der Waals surface area contributed by atoms with E-state index < -0.39 is 23.9 Å².